The molecular weight excluding hydrogens is 150 g/mol. The molecule has 0 saturated heterocycles. The second-order valence-corrected chi connectivity index (χ2v) is 4.71. The van der Waals surface area contributed by atoms with Crippen LogP contribution in [0, 0.1) is 5.41 Å². The molecule has 0 aromatic heterocycles. The Morgan fingerprint density at radius 1 is 1.33 bits per heavy atom. The van der Waals surface area contributed by atoms with E-state index in [0.717, 1.165) is 6.54 Å². The van der Waals surface area contributed by atoms with Crippen molar-refractivity contribution in [3.63, 3.8) is 0 Å². The highest BCUT2D eigenvalue weighted by atomic mass is 16.3. The molecule has 2 nitrogen and oxygen atoms in total. The molecule has 0 aliphatic carbocycles. The summed E-state index contributed by atoms with van der Waals surface area (Å²) >= 11 is 0. The van der Waals surface area contributed by atoms with E-state index in [1.165, 1.54) is 0 Å². The van der Waals surface area contributed by atoms with E-state index in [1.807, 2.05) is 13.0 Å². The minimum atomic E-state index is -0.681. The van der Waals surface area contributed by atoms with E-state index in [1.54, 1.807) is 0 Å². The number of aliphatic hydroxyl groups is 1. The van der Waals surface area contributed by atoms with Gasteiger partial charge < -0.3 is 10.4 Å². The van der Waals surface area contributed by atoms with E-state index in [-0.39, 0.29) is 11.5 Å². The van der Waals surface area contributed by atoms with Crippen LogP contribution in [0.15, 0.2) is 12.2 Å². The Morgan fingerprint density at radius 2 is 1.92 bits per heavy atom. The van der Waals surface area contributed by atoms with E-state index in [9.17, 15) is 5.11 Å². The van der Waals surface area contributed by atoms with Gasteiger partial charge in [0.25, 0.3) is 0 Å². The largest absolute Gasteiger partial charge is 0.388 e. The fourth-order valence-corrected chi connectivity index (χ4v) is 1.32. The van der Waals surface area contributed by atoms with Gasteiger partial charge in [-0.1, -0.05) is 32.9 Å². The number of hydrogen-bond donors (Lipinski definition) is 2. The molecule has 0 bridgehead atoms. The van der Waals surface area contributed by atoms with Crippen LogP contribution >= 0.6 is 0 Å². The number of rotatable bonds is 1. The first-order valence-electron chi connectivity index (χ1n) is 4.48. The van der Waals surface area contributed by atoms with Crippen molar-refractivity contribution in [1.82, 2.24) is 5.32 Å². The molecule has 0 amide bonds. The van der Waals surface area contributed by atoms with Crippen molar-refractivity contribution >= 4 is 0 Å². The maximum absolute atomic E-state index is 10.2. The van der Waals surface area contributed by atoms with Gasteiger partial charge in [-0.2, -0.15) is 0 Å². The molecule has 0 spiro atoms. The molecule has 70 valence electrons. The van der Waals surface area contributed by atoms with Gasteiger partial charge in [-0.05, 0) is 12.3 Å². The van der Waals surface area contributed by atoms with E-state index in [0.29, 0.717) is 0 Å². The molecule has 1 rings (SSSR count). The first-order valence-corrected chi connectivity index (χ1v) is 4.48. The lowest BCUT2D eigenvalue weighted by Gasteiger charge is -2.41. The molecule has 2 unspecified atom stereocenters. The SMILES string of the molecule is CC(C)(C)C(C)(O)C1C=CCN1. The van der Waals surface area contributed by atoms with Crippen LogP contribution in [0.1, 0.15) is 27.7 Å². The molecular formula is C10H19NO. The Morgan fingerprint density at radius 3 is 2.25 bits per heavy atom. The highest BCUT2D eigenvalue weighted by Gasteiger charge is 2.41. The monoisotopic (exact) mass is 169 g/mol. The normalized spacial score (nSPS) is 28.9. The van der Waals surface area contributed by atoms with Gasteiger partial charge >= 0.3 is 0 Å². The average molecular weight is 169 g/mol. The summed E-state index contributed by atoms with van der Waals surface area (Å²) in [6.07, 6.45) is 4.11. The maximum Gasteiger partial charge on any atom is 0.0855 e. The van der Waals surface area contributed by atoms with Gasteiger partial charge in [0.05, 0.1) is 11.6 Å². The standard InChI is InChI=1S/C10H19NO/c1-9(2,3)10(4,12)8-6-5-7-11-8/h5-6,8,11-12H,7H2,1-4H3. The van der Waals surface area contributed by atoms with Crippen LogP contribution < -0.4 is 5.32 Å². The van der Waals surface area contributed by atoms with Crippen molar-refractivity contribution in [3.05, 3.63) is 12.2 Å². The molecule has 2 N–H and O–H groups in total. The zero-order chi connectivity index (χ0) is 9.41. The summed E-state index contributed by atoms with van der Waals surface area (Å²) in [5, 5.41) is 13.5. The molecule has 0 fully saturated rings. The predicted octanol–water partition coefficient (Wildman–Crippen LogP) is 1.31. The second-order valence-electron chi connectivity index (χ2n) is 4.71. The molecule has 2 atom stereocenters. The summed E-state index contributed by atoms with van der Waals surface area (Å²) in [6.45, 7) is 8.93. The van der Waals surface area contributed by atoms with Crippen LogP contribution in [-0.4, -0.2) is 23.3 Å². The van der Waals surface area contributed by atoms with Crippen LogP contribution in [0.25, 0.3) is 0 Å². The van der Waals surface area contributed by atoms with Gasteiger partial charge in [-0.25, -0.2) is 0 Å². The maximum atomic E-state index is 10.2. The zero-order valence-electron chi connectivity index (χ0n) is 8.39. The molecule has 2 heteroatoms. The van der Waals surface area contributed by atoms with Crippen LogP contribution in [0.2, 0.25) is 0 Å². The van der Waals surface area contributed by atoms with Crippen LogP contribution in [0.3, 0.4) is 0 Å². The molecule has 0 radical (unpaired) electrons. The topological polar surface area (TPSA) is 32.3 Å². The fraction of sp³-hybridized carbons (Fsp3) is 0.800. The third kappa shape index (κ3) is 1.54. The summed E-state index contributed by atoms with van der Waals surface area (Å²) in [7, 11) is 0. The molecule has 12 heavy (non-hydrogen) atoms. The summed E-state index contributed by atoms with van der Waals surface area (Å²) < 4.78 is 0. The Labute approximate surface area is 74.7 Å². The van der Waals surface area contributed by atoms with Gasteiger partial charge in [0, 0.05) is 6.54 Å². The van der Waals surface area contributed by atoms with E-state index in [2.05, 4.69) is 32.2 Å². The predicted molar refractivity (Wildman–Crippen MR) is 51.0 cm³/mol. The lowest BCUT2D eigenvalue weighted by atomic mass is 9.73. The van der Waals surface area contributed by atoms with Crippen LogP contribution in [-0.2, 0) is 0 Å². The van der Waals surface area contributed by atoms with Crippen molar-refractivity contribution in [2.24, 2.45) is 5.41 Å². The van der Waals surface area contributed by atoms with Crippen molar-refractivity contribution in [2.75, 3.05) is 6.54 Å². The zero-order valence-corrected chi connectivity index (χ0v) is 8.39. The van der Waals surface area contributed by atoms with E-state index < -0.39 is 5.60 Å². The summed E-state index contributed by atoms with van der Waals surface area (Å²) in [6, 6.07) is 0.0949. The molecule has 0 aromatic rings. The molecule has 1 aliphatic rings. The van der Waals surface area contributed by atoms with Gasteiger partial charge in [0.1, 0.15) is 0 Å². The van der Waals surface area contributed by atoms with Gasteiger partial charge in [-0.15, -0.1) is 0 Å². The first-order chi connectivity index (χ1) is 5.36. The summed E-state index contributed by atoms with van der Waals surface area (Å²) in [5.74, 6) is 0. The Balaban J connectivity index is 2.77. The Bertz CT molecular complexity index is 189. The first kappa shape index (κ1) is 9.75. The minimum absolute atomic E-state index is 0.0949. The number of hydrogen-bond acceptors (Lipinski definition) is 2. The molecule has 1 heterocycles. The molecule has 0 aromatic carbocycles. The van der Waals surface area contributed by atoms with Gasteiger partial charge in [0.2, 0.25) is 0 Å². The van der Waals surface area contributed by atoms with Crippen LogP contribution in [0.5, 0.6) is 0 Å². The smallest absolute Gasteiger partial charge is 0.0855 e. The summed E-state index contributed by atoms with van der Waals surface area (Å²) in [4.78, 5) is 0. The lowest BCUT2D eigenvalue weighted by molar-refractivity contribution is -0.0567. The van der Waals surface area contributed by atoms with Crippen LogP contribution in [0.4, 0.5) is 0 Å². The summed E-state index contributed by atoms with van der Waals surface area (Å²) in [5.41, 5.74) is -0.778. The Hall–Kier alpha value is -0.340. The van der Waals surface area contributed by atoms with Crippen molar-refractivity contribution in [3.8, 4) is 0 Å². The third-order valence-electron chi connectivity index (χ3n) is 2.91. The molecule has 1 aliphatic heterocycles. The second kappa shape index (κ2) is 2.86. The lowest BCUT2D eigenvalue weighted by Crippen LogP contribution is -2.53. The number of nitrogens with one attached hydrogen (secondary N) is 1. The van der Waals surface area contributed by atoms with E-state index in [4.69, 9.17) is 0 Å². The average Bonchev–Trinajstić information content (AvgIpc) is 2.34. The quantitative estimate of drug-likeness (QED) is 0.580. The Kier molecular flexibility index (Phi) is 2.32. The highest BCUT2D eigenvalue weighted by molar-refractivity contribution is 5.12. The van der Waals surface area contributed by atoms with Gasteiger partial charge in [-0.3, -0.25) is 0 Å². The van der Waals surface area contributed by atoms with Crippen molar-refractivity contribution in [1.29, 1.82) is 0 Å². The highest BCUT2D eigenvalue weighted by Crippen LogP contribution is 2.33. The molecule has 0 saturated carbocycles. The van der Waals surface area contributed by atoms with Crippen molar-refractivity contribution in [2.45, 2.75) is 39.3 Å². The minimum Gasteiger partial charge on any atom is -0.388 e. The van der Waals surface area contributed by atoms with Crippen molar-refractivity contribution < 1.29 is 5.11 Å². The van der Waals surface area contributed by atoms with Gasteiger partial charge in [0.15, 0.2) is 0 Å². The van der Waals surface area contributed by atoms with E-state index >= 15 is 0 Å². The third-order valence-corrected chi connectivity index (χ3v) is 2.91. The fourth-order valence-electron chi connectivity index (χ4n) is 1.32.